The number of phenolic OH excluding ortho intramolecular Hbond substituents is 1. The monoisotopic (exact) mass is 665 g/mol. The number of carbonyl (C=O) groups excluding carboxylic acids is 2. The first kappa shape index (κ1) is 32.8. The van der Waals surface area contributed by atoms with Gasteiger partial charge in [-0.05, 0) is 76.6 Å². The number of methoxy groups -OCH3 is 2. The van der Waals surface area contributed by atoms with Gasteiger partial charge in [0.25, 0.3) is 0 Å². The Hall–Kier alpha value is -3.78. The fourth-order valence-corrected chi connectivity index (χ4v) is 9.98. The predicted octanol–water partition coefficient (Wildman–Crippen LogP) is 2.08. The fourth-order valence-electron chi connectivity index (χ4n) is 9.98. The number of ether oxygens (including phenoxy) is 4. The number of hydrogen-bond acceptors (Lipinski definition) is 12. The van der Waals surface area contributed by atoms with Crippen LogP contribution in [0.25, 0.3) is 0 Å². The van der Waals surface area contributed by atoms with Crippen molar-refractivity contribution >= 4 is 11.8 Å². The van der Waals surface area contributed by atoms with E-state index in [1.54, 1.807) is 13.2 Å². The second kappa shape index (κ2) is 12.9. The van der Waals surface area contributed by atoms with Gasteiger partial charge in [-0.15, -0.1) is 0 Å². The van der Waals surface area contributed by atoms with Crippen molar-refractivity contribution < 1.29 is 33.6 Å². The molecule has 260 valence electrons. The van der Waals surface area contributed by atoms with Crippen molar-refractivity contribution in [1.29, 1.82) is 0 Å². The lowest BCUT2D eigenvalue weighted by Gasteiger charge is -2.73. The number of likely N-dealkylation sites (N-methyl/N-ethyl adjacent to an activating group) is 1. The molecule has 2 aromatic rings. The number of rotatable bonds is 15. The summed E-state index contributed by atoms with van der Waals surface area (Å²) < 4.78 is 23.4. The summed E-state index contributed by atoms with van der Waals surface area (Å²) in [5, 5.41) is 32.0. The third-order valence-electron chi connectivity index (χ3n) is 12.1. The van der Waals surface area contributed by atoms with Gasteiger partial charge in [0.2, 0.25) is 11.8 Å². The van der Waals surface area contributed by atoms with Gasteiger partial charge in [0.15, 0.2) is 11.5 Å². The molecule has 4 aliphatic carbocycles. The molecule has 14 nitrogen and oxygen atoms in total. The molecule has 1 aromatic carbocycles. The predicted molar refractivity (Wildman–Crippen MR) is 172 cm³/mol. The number of aromatic hydroxyl groups is 1. The van der Waals surface area contributed by atoms with Gasteiger partial charge in [0, 0.05) is 49.1 Å². The summed E-state index contributed by atoms with van der Waals surface area (Å²) in [4.78, 5) is 28.7. The molecule has 2 aliphatic heterocycles. The van der Waals surface area contributed by atoms with Crippen LogP contribution in [0.5, 0.6) is 23.5 Å². The fraction of sp³-hybridized carbons (Fsp3) is 0.706. The number of phenols is 1. The lowest BCUT2D eigenvalue weighted by atomic mass is 9.35. The van der Waals surface area contributed by atoms with Crippen molar-refractivity contribution in [3.05, 3.63) is 23.3 Å². The van der Waals surface area contributed by atoms with E-state index in [0.717, 1.165) is 64.3 Å². The van der Waals surface area contributed by atoms with Crippen molar-refractivity contribution in [3.8, 4) is 23.5 Å². The maximum absolute atomic E-state index is 14.0. The highest BCUT2D eigenvalue weighted by Gasteiger charge is 2.81. The molecule has 4 bridgehead atoms. The van der Waals surface area contributed by atoms with Crippen LogP contribution in [0.4, 0.5) is 0 Å². The molecule has 0 radical (unpaired) electrons. The van der Waals surface area contributed by atoms with Crippen molar-refractivity contribution in [3.63, 3.8) is 0 Å². The lowest BCUT2D eigenvalue weighted by Crippen LogP contribution is -2.81. The van der Waals surface area contributed by atoms with Crippen LogP contribution in [-0.2, 0) is 26.2 Å². The highest BCUT2D eigenvalue weighted by atomic mass is 16.6. The zero-order valence-electron chi connectivity index (χ0n) is 28.1. The van der Waals surface area contributed by atoms with Gasteiger partial charge in [-0.25, -0.2) is 0 Å². The summed E-state index contributed by atoms with van der Waals surface area (Å²) in [6.45, 7) is 2.46. The number of aromatic nitrogens is 4. The molecule has 2 spiro atoms. The molecule has 0 unspecified atom stereocenters. The van der Waals surface area contributed by atoms with E-state index in [4.69, 9.17) is 18.9 Å². The second-order valence-corrected chi connectivity index (χ2v) is 14.1. The summed E-state index contributed by atoms with van der Waals surface area (Å²) in [6.07, 6.45) is 8.60. The first-order valence-electron chi connectivity index (χ1n) is 17.4. The minimum absolute atomic E-state index is 0.0260. The number of amides is 2. The zero-order chi connectivity index (χ0) is 33.5. The molecule has 6 atom stereocenters. The minimum Gasteiger partial charge on any atom is -0.504 e. The number of piperidine rings is 1. The van der Waals surface area contributed by atoms with Gasteiger partial charge in [0.1, 0.15) is 11.7 Å². The van der Waals surface area contributed by atoms with Crippen LogP contribution in [0.3, 0.4) is 0 Å². The van der Waals surface area contributed by atoms with Crippen molar-refractivity contribution in [2.45, 2.75) is 93.8 Å². The van der Waals surface area contributed by atoms with Crippen LogP contribution in [0.15, 0.2) is 12.1 Å². The Bertz CT molecular complexity index is 1530. The third kappa shape index (κ3) is 5.05. The number of hydrogen-bond donors (Lipinski definition) is 3. The standard InChI is InChI=1S/C34H47N7O7/c1-41-17-14-33-26-21-10-11-23(42)27(26)48-29(33)34(46-3)13-12-32(33,24(41)19-21)20-22(34)28(44)36-16-7-5-4-6-15-35-25(43)9-8-18-47-31-39-37-30(45-2)38-40-31/h10-11,22,24,29,42H,4-9,12-20H2,1-3H3,(H,35,43)(H,36,44)/t22-,24-,29-,32-,33+,34-/m1/s1. The molecular weight excluding hydrogens is 618 g/mol. The number of fused-ring (bicyclic) bond motifs is 2. The van der Waals surface area contributed by atoms with E-state index in [-0.39, 0.29) is 59.0 Å². The van der Waals surface area contributed by atoms with E-state index in [0.29, 0.717) is 37.7 Å². The van der Waals surface area contributed by atoms with E-state index >= 15 is 0 Å². The topological polar surface area (TPSA) is 170 Å². The molecule has 3 N–H and O–H groups in total. The number of unbranched alkanes of at least 4 members (excludes halogenated alkanes) is 3. The van der Waals surface area contributed by atoms with Gasteiger partial charge in [-0.2, -0.15) is 0 Å². The molecule has 1 saturated heterocycles. The summed E-state index contributed by atoms with van der Waals surface area (Å²) in [5.41, 5.74) is 1.37. The SMILES string of the molecule is COc1nnc(OCCCC(=O)NCCCCCCNC(=O)[C@H]2C[C@@]34CC[C@]2(OC)[C@@H]2Oc5c(O)ccc6c5[C@@]23CCN(C)[C@@H]4C6)nn1. The largest absolute Gasteiger partial charge is 0.504 e. The second-order valence-electron chi connectivity index (χ2n) is 14.1. The Morgan fingerprint density at radius 3 is 2.50 bits per heavy atom. The van der Waals surface area contributed by atoms with Crippen molar-refractivity contribution in [2.75, 3.05) is 47.5 Å². The molecule has 4 fully saturated rings. The lowest BCUT2D eigenvalue weighted by molar-refractivity contribution is -0.270. The van der Waals surface area contributed by atoms with Gasteiger partial charge < -0.3 is 39.6 Å². The quantitative estimate of drug-likeness (QED) is 0.237. The molecule has 6 aliphatic rings. The van der Waals surface area contributed by atoms with Crippen LogP contribution in [-0.4, -0.2) is 107 Å². The minimum atomic E-state index is -0.741. The molecule has 3 heterocycles. The first-order valence-corrected chi connectivity index (χ1v) is 17.4. The van der Waals surface area contributed by atoms with E-state index in [1.165, 1.54) is 18.2 Å². The third-order valence-corrected chi connectivity index (χ3v) is 12.1. The summed E-state index contributed by atoms with van der Waals surface area (Å²) >= 11 is 0. The Balaban J connectivity index is 0.868. The summed E-state index contributed by atoms with van der Waals surface area (Å²) in [6, 6.07) is 4.27. The normalized spacial score (nSPS) is 30.7. The van der Waals surface area contributed by atoms with Crippen LogP contribution in [0, 0.1) is 11.3 Å². The molecule has 1 aromatic heterocycles. The van der Waals surface area contributed by atoms with Crippen LogP contribution < -0.4 is 24.8 Å². The van der Waals surface area contributed by atoms with Gasteiger partial charge >= 0.3 is 12.0 Å². The molecule has 2 amide bonds. The molecule has 14 heteroatoms. The van der Waals surface area contributed by atoms with E-state index < -0.39 is 5.60 Å². The highest BCUT2D eigenvalue weighted by molar-refractivity contribution is 5.82. The Kier molecular flexibility index (Phi) is 8.82. The van der Waals surface area contributed by atoms with Crippen molar-refractivity contribution in [2.24, 2.45) is 11.3 Å². The summed E-state index contributed by atoms with van der Waals surface area (Å²) in [5.74, 6) is 0.511. The number of benzene rings is 1. The highest BCUT2D eigenvalue weighted by Crippen LogP contribution is 2.76. The Morgan fingerprint density at radius 2 is 1.75 bits per heavy atom. The molecule has 48 heavy (non-hydrogen) atoms. The Labute approximate surface area is 280 Å². The number of nitrogens with zero attached hydrogens (tertiary/aromatic N) is 5. The number of carbonyl (C=O) groups is 2. The van der Waals surface area contributed by atoms with Gasteiger partial charge in [-0.1, -0.05) is 39.3 Å². The van der Waals surface area contributed by atoms with E-state index in [1.807, 2.05) is 0 Å². The molecule has 3 saturated carbocycles. The van der Waals surface area contributed by atoms with Crippen LogP contribution in [0.1, 0.15) is 75.3 Å². The average molecular weight is 666 g/mol. The molecular formula is C34H47N7O7. The van der Waals surface area contributed by atoms with Crippen LogP contribution >= 0.6 is 0 Å². The number of nitrogens with one attached hydrogen (secondary N) is 2. The Morgan fingerprint density at radius 1 is 1.00 bits per heavy atom. The van der Waals surface area contributed by atoms with Gasteiger partial charge in [0.05, 0.1) is 19.6 Å². The van der Waals surface area contributed by atoms with Crippen LogP contribution in [0.2, 0.25) is 0 Å². The first-order chi connectivity index (χ1) is 23.3. The summed E-state index contributed by atoms with van der Waals surface area (Å²) in [7, 11) is 5.38. The van der Waals surface area contributed by atoms with E-state index in [9.17, 15) is 14.7 Å². The number of likely N-dealkylation sites (tertiary alicyclic amines) is 1. The molecule has 8 rings (SSSR count). The van der Waals surface area contributed by atoms with Crippen molar-refractivity contribution in [1.82, 2.24) is 35.9 Å². The average Bonchev–Trinajstić information content (AvgIpc) is 3.48. The maximum Gasteiger partial charge on any atom is 0.355 e. The zero-order valence-corrected chi connectivity index (χ0v) is 28.1. The van der Waals surface area contributed by atoms with E-state index in [2.05, 4.69) is 49.0 Å². The maximum atomic E-state index is 14.0. The smallest absolute Gasteiger partial charge is 0.355 e. The van der Waals surface area contributed by atoms with Gasteiger partial charge in [-0.3, -0.25) is 9.59 Å².